The summed E-state index contributed by atoms with van der Waals surface area (Å²) in [6, 6.07) is -1.54. The molecule has 7 nitrogen and oxygen atoms in total. The second kappa shape index (κ2) is 6.55. The maximum absolute atomic E-state index is 12.0. The number of amides is 2. The Balaban J connectivity index is 3.47. The van der Waals surface area contributed by atoms with Gasteiger partial charge in [0.15, 0.2) is 0 Å². The zero-order valence-corrected chi connectivity index (χ0v) is 14.9. The van der Waals surface area contributed by atoms with Gasteiger partial charge in [-0.25, -0.2) is 9.59 Å². The molecular weight excluding hydrogens is 300 g/mol. The number of aliphatic hydroxyl groups is 1. The molecule has 0 saturated carbocycles. The van der Waals surface area contributed by atoms with Crippen LogP contribution in [0.25, 0.3) is 0 Å². The number of carbonyl (C=O) groups is 2. The van der Waals surface area contributed by atoms with Gasteiger partial charge in [-0.1, -0.05) is 41.5 Å². The molecule has 0 aromatic carbocycles. The van der Waals surface area contributed by atoms with Gasteiger partial charge >= 0.3 is 12.2 Å². The molecule has 1 fully saturated rings. The molecule has 1 saturated heterocycles. The van der Waals surface area contributed by atoms with Gasteiger partial charge in [0, 0.05) is 13.2 Å². The summed E-state index contributed by atoms with van der Waals surface area (Å²) in [6.45, 7) is 11.4. The van der Waals surface area contributed by atoms with E-state index in [1.54, 1.807) is 0 Å². The van der Waals surface area contributed by atoms with Crippen LogP contribution in [0.2, 0.25) is 0 Å². The summed E-state index contributed by atoms with van der Waals surface area (Å²) in [7, 11) is 0. The zero-order valence-electron chi connectivity index (χ0n) is 14.9. The van der Waals surface area contributed by atoms with Crippen molar-refractivity contribution in [2.45, 2.75) is 66.1 Å². The summed E-state index contributed by atoms with van der Waals surface area (Å²) in [4.78, 5) is 26.5. The van der Waals surface area contributed by atoms with Crippen LogP contribution in [0.1, 0.15) is 48.0 Å². The van der Waals surface area contributed by atoms with E-state index in [1.165, 1.54) is 9.80 Å². The van der Waals surface area contributed by atoms with Crippen LogP contribution >= 0.6 is 0 Å². The highest BCUT2D eigenvalue weighted by Gasteiger charge is 2.52. The molecule has 1 heterocycles. The maximum atomic E-state index is 12.0. The lowest BCUT2D eigenvalue weighted by Crippen LogP contribution is -2.71. The van der Waals surface area contributed by atoms with Crippen molar-refractivity contribution in [2.24, 2.45) is 10.8 Å². The van der Waals surface area contributed by atoms with Crippen molar-refractivity contribution < 1.29 is 24.9 Å². The summed E-state index contributed by atoms with van der Waals surface area (Å²) in [5.74, 6) is 0. The number of aliphatic hydroxyl groups excluding tert-OH is 1. The number of rotatable bonds is 2. The zero-order chi connectivity index (χ0) is 18.2. The van der Waals surface area contributed by atoms with Gasteiger partial charge in [-0.15, -0.1) is 0 Å². The van der Waals surface area contributed by atoms with Gasteiger partial charge in [0.25, 0.3) is 0 Å². The highest BCUT2D eigenvalue weighted by atomic mass is 16.4. The van der Waals surface area contributed by atoms with E-state index in [-0.39, 0.29) is 19.6 Å². The second-order valence-electron chi connectivity index (χ2n) is 8.40. The van der Waals surface area contributed by atoms with Gasteiger partial charge in [0.1, 0.15) is 0 Å². The first-order valence-electron chi connectivity index (χ1n) is 7.94. The van der Waals surface area contributed by atoms with Crippen LogP contribution in [0.15, 0.2) is 0 Å². The van der Waals surface area contributed by atoms with Crippen molar-refractivity contribution in [3.63, 3.8) is 0 Å². The molecule has 1 aliphatic rings. The van der Waals surface area contributed by atoms with Crippen LogP contribution in [0.5, 0.6) is 0 Å². The van der Waals surface area contributed by atoms with Gasteiger partial charge in [0.05, 0.1) is 18.1 Å². The Kier molecular flexibility index (Phi) is 5.57. The van der Waals surface area contributed by atoms with E-state index < -0.39 is 41.1 Å². The van der Waals surface area contributed by atoms with E-state index in [4.69, 9.17) is 0 Å². The molecule has 1 aliphatic heterocycles. The molecule has 2 amide bonds. The van der Waals surface area contributed by atoms with Gasteiger partial charge in [0.2, 0.25) is 0 Å². The van der Waals surface area contributed by atoms with Crippen molar-refractivity contribution in [3.05, 3.63) is 0 Å². The molecule has 0 aromatic rings. The van der Waals surface area contributed by atoms with Crippen LogP contribution in [0.3, 0.4) is 0 Å². The Hall–Kier alpha value is -1.50. The molecule has 134 valence electrons. The summed E-state index contributed by atoms with van der Waals surface area (Å²) in [6.07, 6.45) is -1.90. The maximum Gasteiger partial charge on any atom is 0.407 e. The monoisotopic (exact) mass is 330 g/mol. The Morgan fingerprint density at radius 3 is 1.83 bits per heavy atom. The minimum atomic E-state index is -1.07. The van der Waals surface area contributed by atoms with E-state index >= 15 is 0 Å². The lowest BCUT2D eigenvalue weighted by molar-refractivity contribution is -0.0753. The molecule has 3 N–H and O–H groups in total. The first-order valence-corrected chi connectivity index (χ1v) is 7.94. The van der Waals surface area contributed by atoms with E-state index in [0.717, 1.165) is 0 Å². The minimum Gasteiger partial charge on any atom is -0.465 e. The SMILES string of the molecule is CC(C)(C)C1CN(C(=O)O)C(CCO)C(C(C)(C)C)N1C(=O)O. The molecule has 1 rings (SSSR count). The summed E-state index contributed by atoms with van der Waals surface area (Å²) < 4.78 is 0. The molecule has 0 aliphatic carbocycles. The predicted octanol–water partition coefficient (Wildman–Crippen LogP) is 2.54. The average molecular weight is 330 g/mol. The third-order valence-electron chi connectivity index (χ3n) is 4.55. The van der Waals surface area contributed by atoms with Crippen LogP contribution in [0, 0.1) is 10.8 Å². The first kappa shape index (κ1) is 19.5. The molecule has 0 spiro atoms. The number of piperazine rings is 1. The van der Waals surface area contributed by atoms with Crippen molar-refractivity contribution in [1.29, 1.82) is 0 Å². The fourth-order valence-corrected chi connectivity index (χ4v) is 3.56. The fraction of sp³-hybridized carbons (Fsp3) is 0.875. The standard InChI is InChI=1S/C16H30N2O5/c1-15(2,3)11-9-17(13(20)21)10(7-8-19)12(16(4,5)6)18(11)14(22)23/h10-12,19H,7-9H2,1-6H3,(H,20,21)(H,22,23). The molecule has 0 radical (unpaired) electrons. The topological polar surface area (TPSA) is 101 Å². The number of carboxylic acid groups (broad SMARTS) is 2. The van der Waals surface area contributed by atoms with E-state index in [0.29, 0.717) is 0 Å². The summed E-state index contributed by atoms with van der Waals surface area (Å²) >= 11 is 0. The van der Waals surface area contributed by atoms with Gasteiger partial charge in [-0.2, -0.15) is 0 Å². The number of hydrogen-bond acceptors (Lipinski definition) is 3. The van der Waals surface area contributed by atoms with Gasteiger partial charge in [-0.05, 0) is 17.3 Å². The molecule has 7 heteroatoms. The lowest BCUT2D eigenvalue weighted by Gasteiger charge is -2.56. The summed E-state index contributed by atoms with van der Waals surface area (Å²) in [5.41, 5.74) is -0.865. The Labute approximate surface area is 137 Å². The van der Waals surface area contributed by atoms with E-state index in [9.17, 15) is 24.9 Å². The van der Waals surface area contributed by atoms with Crippen molar-refractivity contribution in [3.8, 4) is 0 Å². The lowest BCUT2D eigenvalue weighted by atomic mass is 9.73. The molecule has 3 atom stereocenters. The highest BCUT2D eigenvalue weighted by Crippen LogP contribution is 2.40. The van der Waals surface area contributed by atoms with Crippen LogP contribution in [0.4, 0.5) is 9.59 Å². The van der Waals surface area contributed by atoms with E-state index in [2.05, 4.69) is 0 Å². The number of hydrogen-bond donors (Lipinski definition) is 3. The molecule has 3 unspecified atom stereocenters. The molecular formula is C16H30N2O5. The van der Waals surface area contributed by atoms with Gasteiger partial charge in [-0.3, -0.25) is 4.90 Å². The van der Waals surface area contributed by atoms with Crippen molar-refractivity contribution in [1.82, 2.24) is 9.80 Å². The normalized spacial score (nSPS) is 26.3. The molecule has 23 heavy (non-hydrogen) atoms. The minimum absolute atomic E-state index is 0.113. The molecule has 0 aromatic heterocycles. The fourth-order valence-electron chi connectivity index (χ4n) is 3.56. The summed E-state index contributed by atoms with van der Waals surface area (Å²) in [5, 5.41) is 28.8. The van der Waals surface area contributed by atoms with Gasteiger partial charge < -0.3 is 20.2 Å². The Morgan fingerprint density at radius 2 is 1.52 bits per heavy atom. The third-order valence-corrected chi connectivity index (χ3v) is 4.55. The molecule has 0 bridgehead atoms. The quantitative estimate of drug-likeness (QED) is 0.722. The van der Waals surface area contributed by atoms with Crippen molar-refractivity contribution >= 4 is 12.2 Å². The smallest absolute Gasteiger partial charge is 0.407 e. The van der Waals surface area contributed by atoms with Crippen LogP contribution in [-0.4, -0.2) is 68.6 Å². The largest absolute Gasteiger partial charge is 0.465 e. The third kappa shape index (κ3) is 4.07. The predicted molar refractivity (Wildman–Crippen MR) is 86.6 cm³/mol. The average Bonchev–Trinajstić information content (AvgIpc) is 2.34. The number of nitrogens with zero attached hydrogens (tertiary/aromatic N) is 2. The first-order chi connectivity index (χ1) is 10.3. The van der Waals surface area contributed by atoms with Crippen molar-refractivity contribution in [2.75, 3.05) is 13.2 Å². The van der Waals surface area contributed by atoms with Crippen LogP contribution < -0.4 is 0 Å². The second-order valence-corrected chi connectivity index (χ2v) is 8.40. The highest BCUT2D eigenvalue weighted by molar-refractivity contribution is 5.69. The van der Waals surface area contributed by atoms with E-state index in [1.807, 2.05) is 41.5 Å². The Bertz CT molecular complexity index is 452. The van der Waals surface area contributed by atoms with Crippen LogP contribution in [-0.2, 0) is 0 Å². The Morgan fingerprint density at radius 1 is 1.00 bits per heavy atom.